The maximum absolute atomic E-state index is 13.3. The first-order valence-corrected chi connectivity index (χ1v) is 12.2. The summed E-state index contributed by atoms with van der Waals surface area (Å²) in [5.74, 6) is 0.540. The van der Waals surface area contributed by atoms with Gasteiger partial charge < -0.3 is 20.1 Å². The predicted molar refractivity (Wildman–Crippen MR) is 138 cm³/mol. The molecule has 6 nitrogen and oxygen atoms in total. The number of rotatable bonds is 8. The van der Waals surface area contributed by atoms with Gasteiger partial charge in [-0.2, -0.15) is 0 Å². The van der Waals surface area contributed by atoms with Crippen molar-refractivity contribution in [3.63, 3.8) is 0 Å². The van der Waals surface area contributed by atoms with Gasteiger partial charge in [0, 0.05) is 12.1 Å². The second-order valence-corrected chi connectivity index (χ2v) is 10.2. The Kier molecular flexibility index (Phi) is 7.01. The maximum Gasteiger partial charge on any atom is 0.407 e. The third-order valence-corrected chi connectivity index (χ3v) is 6.12. The lowest BCUT2D eigenvalue weighted by atomic mass is 9.96. The van der Waals surface area contributed by atoms with Crippen LogP contribution in [0.4, 0.5) is 4.79 Å². The van der Waals surface area contributed by atoms with Crippen LogP contribution in [0.25, 0.3) is 10.8 Å². The molecule has 4 rings (SSSR count). The molecule has 2 N–H and O–H groups in total. The molecule has 0 heterocycles. The maximum atomic E-state index is 13.3. The highest BCUT2D eigenvalue weighted by Gasteiger charge is 2.46. The molecule has 0 spiro atoms. The minimum atomic E-state index is -0.522. The number of fused-ring (bicyclic) bond motifs is 1. The highest BCUT2D eigenvalue weighted by Crippen LogP contribution is 2.48. The van der Waals surface area contributed by atoms with Crippen LogP contribution >= 0.6 is 0 Å². The summed E-state index contributed by atoms with van der Waals surface area (Å²) in [4.78, 5) is 25.0. The lowest BCUT2D eigenvalue weighted by Gasteiger charge is -2.21. The zero-order valence-corrected chi connectivity index (χ0v) is 20.9. The van der Waals surface area contributed by atoms with Crippen molar-refractivity contribution in [2.24, 2.45) is 0 Å². The molecule has 1 aliphatic rings. The van der Waals surface area contributed by atoms with Crippen LogP contribution in [-0.2, 0) is 10.3 Å². The van der Waals surface area contributed by atoms with Gasteiger partial charge in [-0.3, -0.25) is 4.79 Å². The Balaban J connectivity index is 1.36. The second kappa shape index (κ2) is 9.98. The number of ether oxygens (including phenoxy) is 2. The molecule has 3 aromatic rings. The summed E-state index contributed by atoms with van der Waals surface area (Å²) in [6.45, 7) is 8.28. The van der Waals surface area contributed by atoms with Crippen molar-refractivity contribution >= 4 is 22.8 Å². The average molecular weight is 475 g/mol. The van der Waals surface area contributed by atoms with Gasteiger partial charge in [-0.25, -0.2) is 4.79 Å². The highest BCUT2D eigenvalue weighted by molar-refractivity contribution is 5.97. The van der Waals surface area contributed by atoms with Crippen LogP contribution in [-0.4, -0.2) is 30.8 Å². The molecular formula is C29H34N2O4. The minimum absolute atomic E-state index is 0.0926. The third-order valence-electron chi connectivity index (χ3n) is 6.12. The van der Waals surface area contributed by atoms with Crippen molar-refractivity contribution < 1.29 is 19.1 Å². The van der Waals surface area contributed by atoms with Gasteiger partial charge >= 0.3 is 6.09 Å². The van der Waals surface area contributed by atoms with E-state index in [2.05, 4.69) is 41.0 Å². The lowest BCUT2D eigenvalue weighted by molar-refractivity contribution is 0.0525. The van der Waals surface area contributed by atoms with Gasteiger partial charge in [0.2, 0.25) is 0 Å². The van der Waals surface area contributed by atoms with E-state index >= 15 is 0 Å². The van der Waals surface area contributed by atoms with Gasteiger partial charge in [0.05, 0.1) is 12.1 Å². The molecule has 0 saturated heterocycles. The van der Waals surface area contributed by atoms with E-state index in [0.29, 0.717) is 30.9 Å². The van der Waals surface area contributed by atoms with Crippen LogP contribution in [0.1, 0.15) is 61.5 Å². The van der Waals surface area contributed by atoms with Crippen LogP contribution in [0.5, 0.6) is 5.75 Å². The number of alkyl carbamates (subject to hydrolysis) is 1. The molecule has 6 heteroatoms. The number of carbonyl (C=O) groups is 2. The number of hydrogen-bond acceptors (Lipinski definition) is 4. The Labute approximate surface area is 207 Å². The van der Waals surface area contributed by atoms with Crippen molar-refractivity contribution in [2.45, 2.75) is 58.1 Å². The molecule has 0 aliphatic heterocycles. The standard InChI is InChI=1S/C29H34N2O4/c1-20-13-14-22(34-18-8-17-30-27(33)35-28(2,3)4)19-24(20)26(32)31-29(15-16-29)25-12-7-10-21-9-5-6-11-23(21)25/h5-7,9-14,19H,8,15-18H2,1-4H3,(H,30,33)(H,31,32). The average Bonchev–Trinajstić information content (AvgIpc) is 3.58. The highest BCUT2D eigenvalue weighted by atomic mass is 16.6. The third kappa shape index (κ3) is 6.13. The SMILES string of the molecule is Cc1ccc(OCCCNC(=O)OC(C)(C)C)cc1C(=O)NC1(c2cccc3ccccc23)CC1. The molecule has 2 amide bonds. The Morgan fingerprint density at radius 1 is 1.00 bits per heavy atom. The molecule has 0 atom stereocenters. The summed E-state index contributed by atoms with van der Waals surface area (Å²) in [6.07, 6.45) is 2.03. The molecule has 0 bridgehead atoms. The van der Waals surface area contributed by atoms with E-state index in [9.17, 15) is 9.59 Å². The van der Waals surface area contributed by atoms with Crippen LogP contribution < -0.4 is 15.4 Å². The van der Waals surface area contributed by atoms with Crippen LogP contribution in [0, 0.1) is 6.92 Å². The zero-order chi connectivity index (χ0) is 25.1. The number of nitrogens with one attached hydrogen (secondary N) is 2. The Bertz CT molecular complexity index is 1220. The smallest absolute Gasteiger partial charge is 0.407 e. The van der Waals surface area contributed by atoms with Crippen molar-refractivity contribution in [1.82, 2.24) is 10.6 Å². The monoisotopic (exact) mass is 474 g/mol. The van der Waals surface area contributed by atoms with Crippen molar-refractivity contribution in [1.29, 1.82) is 0 Å². The summed E-state index contributed by atoms with van der Waals surface area (Å²) in [5.41, 5.74) is 1.84. The van der Waals surface area contributed by atoms with Crippen LogP contribution in [0.15, 0.2) is 60.7 Å². The molecule has 184 valence electrons. The van der Waals surface area contributed by atoms with Gasteiger partial charge in [-0.1, -0.05) is 48.5 Å². The summed E-state index contributed by atoms with van der Waals surface area (Å²) in [5, 5.41) is 8.39. The molecular weight excluding hydrogens is 440 g/mol. The van der Waals surface area contributed by atoms with E-state index in [1.54, 1.807) is 6.07 Å². The fraction of sp³-hybridized carbons (Fsp3) is 0.379. The number of aryl methyl sites for hydroxylation is 1. The topological polar surface area (TPSA) is 76.7 Å². The van der Waals surface area contributed by atoms with Gasteiger partial charge in [-0.05, 0) is 81.0 Å². The molecule has 1 fully saturated rings. The van der Waals surface area contributed by atoms with E-state index < -0.39 is 11.7 Å². The second-order valence-electron chi connectivity index (χ2n) is 10.2. The Hall–Kier alpha value is -3.54. The van der Waals surface area contributed by atoms with E-state index in [1.807, 2.05) is 52.0 Å². The molecule has 1 aliphatic carbocycles. The first kappa shape index (κ1) is 24.6. The summed E-state index contributed by atoms with van der Waals surface area (Å²) in [6, 6.07) is 20.1. The fourth-order valence-electron chi connectivity index (χ4n) is 4.22. The number of carbonyl (C=O) groups excluding carboxylic acids is 2. The summed E-state index contributed by atoms with van der Waals surface area (Å²) >= 11 is 0. The number of hydrogen-bond donors (Lipinski definition) is 2. The van der Waals surface area contributed by atoms with Gasteiger partial charge in [0.25, 0.3) is 5.91 Å². The van der Waals surface area contributed by atoms with E-state index in [-0.39, 0.29) is 11.4 Å². The first-order valence-electron chi connectivity index (χ1n) is 12.2. The van der Waals surface area contributed by atoms with E-state index in [1.165, 1.54) is 16.3 Å². The predicted octanol–water partition coefficient (Wildman–Crippen LogP) is 5.86. The number of benzene rings is 3. The molecule has 35 heavy (non-hydrogen) atoms. The summed E-state index contributed by atoms with van der Waals surface area (Å²) < 4.78 is 11.1. The molecule has 1 saturated carbocycles. The van der Waals surface area contributed by atoms with Crippen molar-refractivity contribution in [3.8, 4) is 5.75 Å². The van der Waals surface area contributed by atoms with Crippen LogP contribution in [0.2, 0.25) is 0 Å². The van der Waals surface area contributed by atoms with Gasteiger partial charge in [0.1, 0.15) is 11.4 Å². The van der Waals surface area contributed by atoms with Gasteiger partial charge in [0.15, 0.2) is 0 Å². The van der Waals surface area contributed by atoms with E-state index in [4.69, 9.17) is 9.47 Å². The Morgan fingerprint density at radius 3 is 2.49 bits per heavy atom. The van der Waals surface area contributed by atoms with Gasteiger partial charge in [-0.15, -0.1) is 0 Å². The number of amides is 2. The zero-order valence-electron chi connectivity index (χ0n) is 20.9. The normalized spacial score (nSPS) is 14.3. The molecule has 0 aromatic heterocycles. The van der Waals surface area contributed by atoms with Crippen molar-refractivity contribution in [3.05, 3.63) is 77.4 Å². The Morgan fingerprint density at radius 2 is 1.74 bits per heavy atom. The molecule has 0 radical (unpaired) electrons. The fourth-order valence-corrected chi connectivity index (χ4v) is 4.22. The van der Waals surface area contributed by atoms with Crippen LogP contribution in [0.3, 0.4) is 0 Å². The first-order chi connectivity index (χ1) is 16.7. The lowest BCUT2D eigenvalue weighted by Crippen LogP contribution is -2.35. The largest absolute Gasteiger partial charge is 0.494 e. The summed E-state index contributed by atoms with van der Waals surface area (Å²) in [7, 11) is 0. The molecule has 0 unspecified atom stereocenters. The van der Waals surface area contributed by atoms with E-state index in [0.717, 1.165) is 18.4 Å². The molecule has 3 aromatic carbocycles. The quantitative estimate of drug-likeness (QED) is 0.401. The minimum Gasteiger partial charge on any atom is -0.494 e. The van der Waals surface area contributed by atoms with Crippen molar-refractivity contribution in [2.75, 3.05) is 13.2 Å².